The van der Waals surface area contributed by atoms with Crippen LogP contribution in [-0.2, 0) is 0 Å². The Hall–Kier alpha value is 0. The van der Waals surface area contributed by atoms with E-state index in [1.807, 2.05) is 0 Å². The van der Waals surface area contributed by atoms with Crippen LogP contribution in [0.15, 0.2) is 0 Å². The third-order valence-electron chi connectivity index (χ3n) is 12.6. The maximum Gasteiger partial charge on any atom is -0.0235 e. The summed E-state index contributed by atoms with van der Waals surface area (Å²) in [5, 5.41) is 0. The lowest BCUT2D eigenvalue weighted by Crippen LogP contribution is -2.65. The Morgan fingerprint density at radius 3 is 1.78 bits per heavy atom. The Bertz CT molecular complexity index is 618. The largest absolute Gasteiger partial charge is 0.0596 e. The lowest BCUT2D eigenvalue weighted by Gasteiger charge is -2.73. The van der Waals surface area contributed by atoms with Gasteiger partial charge in [-0.2, -0.15) is 0 Å². The molecule has 0 aromatic rings. The molecule has 5 fully saturated rings. The molecule has 0 amide bonds. The molecule has 0 radical (unpaired) electrons. The van der Waals surface area contributed by atoms with Gasteiger partial charge in [-0.1, -0.05) is 54.4 Å². The molecule has 0 nitrogen and oxygen atoms in total. The molecule has 0 aromatic heterocycles. The van der Waals surface area contributed by atoms with Crippen LogP contribution >= 0.6 is 0 Å². The molecule has 5 saturated carbocycles. The van der Waals surface area contributed by atoms with Crippen LogP contribution in [0.4, 0.5) is 0 Å². The van der Waals surface area contributed by atoms with Crippen LogP contribution in [-0.4, -0.2) is 0 Å². The summed E-state index contributed by atoms with van der Waals surface area (Å²) in [6.07, 6.45) is 18.3. The Balaban J connectivity index is 1.56. The molecular weight excluding hydrogens is 324 g/mol. The second kappa shape index (κ2) is 5.57. The van der Waals surface area contributed by atoms with Crippen molar-refractivity contribution >= 4 is 0 Å². The summed E-state index contributed by atoms with van der Waals surface area (Å²) >= 11 is 0. The average Bonchev–Trinajstić information content (AvgIpc) is 2.96. The summed E-state index contributed by atoms with van der Waals surface area (Å²) in [7, 11) is 0. The van der Waals surface area contributed by atoms with Crippen molar-refractivity contribution in [3.63, 3.8) is 0 Å². The smallest absolute Gasteiger partial charge is 0.0235 e. The van der Waals surface area contributed by atoms with Gasteiger partial charge in [-0.15, -0.1) is 0 Å². The maximum absolute atomic E-state index is 2.80. The number of hydrogen-bond donors (Lipinski definition) is 0. The van der Waals surface area contributed by atoms with Crippen molar-refractivity contribution in [3.8, 4) is 0 Å². The lowest BCUT2D eigenvalue weighted by molar-refractivity contribution is -0.239. The predicted octanol–water partition coefficient (Wildman–Crippen LogP) is 8.25. The maximum atomic E-state index is 2.80. The lowest BCUT2D eigenvalue weighted by atomic mass is 9.32. The monoisotopic (exact) mass is 370 g/mol. The van der Waals surface area contributed by atoms with Crippen LogP contribution in [0.1, 0.15) is 119 Å². The summed E-state index contributed by atoms with van der Waals surface area (Å²) in [5.74, 6) is 4.00. The van der Waals surface area contributed by atoms with E-state index in [1.54, 1.807) is 12.8 Å². The SMILES string of the molecule is CC1(C)CCCC2(C)C1CCC1(C)C2CCC2C3(C)CCCC3CCC21C. The van der Waals surface area contributed by atoms with Gasteiger partial charge >= 0.3 is 0 Å². The molecule has 8 unspecified atom stereocenters. The van der Waals surface area contributed by atoms with Crippen LogP contribution in [0.5, 0.6) is 0 Å². The Morgan fingerprint density at radius 1 is 0.481 bits per heavy atom. The molecule has 5 aliphatic carbocycles. The highest BCUT2D eigenvalue weighted by molar-refractivity contribution is 5.18. The first-order valence-electron chi connectivity index (χ1n) is 12.6. The summed E-state index contributed by atoms with van der Waals surface area (Å²) < 4.78 is 0. The van der Waals surface area contributed by atoms with E-state index < -0.39 is 0 Å². The molecule has 0 aromatic carbocycles. The zero-order chi connectivity index (χ0) is 19.3. The van der Waals surface area contributed by atoms with E-state index in [2.05, 4.69) is 41.5 Å². The standard InChI is InChI=1S/C27H46/c1-23(2)14-8-16-25(4)20(23)13-18-27(6)22(25)11-10-21-24(3)15-7-9-19(24)12-17-26(21,27)5/h19-22H,7-18H2,1-6H3. The van der Waals surface area contributed by atoms with Crippen molar-refractivity contribution in [1.29, 1.82) is 0 Å². The van der Waals surface area contributed by atoms with Gasteiger partial charge < -0.3 is 0 Å². The first-order valence-corrected chi connectivity index (χ1v) is 12.6. The van der Waals surface area contributed by atoms with Crippen molar-refractivity contribution in [2.75, 3.05) is 0 Å². The minimum atomic E-state index is 0.571. The normalized spacial score (nSPS) is 59.3. The molecular formula is C27H46. The molecule has 154 valence electrons. The molecule has 0 bridgehead atoms. The average molecular weight is 371 g/mol. The van der Waals surface area contributed by atoms with Gasteiger partial charge in [0, 0.05) is 0 Å². The molecule has 5 rings (SSSR count). The first kappa shape index (κ1) is 19.0. The minimum absolute atomic E-state index is 0.571. The van der Waals surface area contributed by atoms with Gasteiger partial charge in [0.2, 0.25) is 0 Å². The second-order valence-electron chi connectivity index (χ2n) is 13.6. The number of fused-ring (bicyclic) bond motifs is 7. The zero-order valence-corrected chi connectivity index (χ0v) is 19.3. The van der Waals surface area contributed by atoms with E-state index in [1.165, 1.54) is 64.2 Å². The highest BCUT2D eigenvalue weighted by atomic mass is 14.7. The van der Waals surface area contributed by atoms with Crippen LogP contribution in [0, 0.1) is 50.7 Å². The second-order valence-corrected chi connectivity index (χ2v) is 13.6. The van der Waals surface area contributed by atoms with Crippen molar-refractivity contribution in [1.82, 2.24) is 0 Å². The number of rotatable bonds is 0. The molecule has 0 N–H and O–H groups in total. The van der Waals surface area contributed by atoms with Crippen LogP contribution in [0.25, 0.3) is 0 Å². The quantitative estimate of drug-likeness (QED) is 0.402. The van der Waals surface area contributed by atoms with Gasteiger partial charge in [-0.25, -0.2) is 0 Å². The summed E-state index contributed by atoms with van der Waals surface area (Å²) in [6, 6.07) is 0. The molecule has 0 heteroatoms. The summed E-state index contributed by atoms with van der Waals surface area (Å²) in [6.45, 7) is 16.3. The van der Waals surface area contributed by atoms with E-state index in [-0.39, 0.29) is 0 Å². The molecule has 8 atom stereocenters. The Morgan fingerprint density at radius 2 is 1.07 bits per heavy atom. The molecule has 0 saturated heterocycles. The van der Waals surface area contributed by atoms with Crippen molar-refractivity contribution in [2.24, 2.45) is 50.7 Å². The van der Waals surface area contributed by atoms with Gasteiger partial charge in [0.15, 0.2) is 0 Å². The van der Waals surface area contributed by atoms with E-state index in [4.69, 9.17) is 0 Å². The Labute approximate surface area is 169 Å². The predicted molar refractivity (Wildman–Crippen MR) is 116 cm³/mol. The highest BCUT2D eigenvalue weighted by Gasteiger charge is 2.69. The Kier molecular flexibility index (Phi) is 3.92. The summed E-state index contributed by atoms with van der Waals surface area (Å²) in [4.78, 5) is 0. The molecule has 0 heterocycles. The molecule has 27 heavy (non-hydrogen) atoms. The van der Waals surface area contributed by atoms with E-state index in [9.17, 15) is 0 Å². The number of hydrogen-bond acceptors (Lipinski definition) is 0. The summed E-state index contributed by atoms with van der Waals surface area (Å²) in [5.41, 5.74) is 3.04. The van der Waals surface area contributed by atoms with Crippen molar-refractivity contribution in [3.05, 3.63) is 0 Å². The third-order valence-corrected chi connectivity index (χ3v) is 12.6. The zero-order valence-electron chi connectivity index (χ0n) is 19.3. The van der Waals surface area contributed by atoms with E-state index >= 15 is 0 Å². The van der Waals surface area contributed by atoms with Crippen molar-refractivity contribution < 1.29 is 0 Å². The minimum Gasteiger partial charge on any atom is -0.0596 e. The molecule has 0 aliphatic heterocycles. The topological polar surface area (TPSA) is 0 Å². The fraction of sp³-hybridized carbons (Fsp3) is 1.00. The van der Waals surface area contributed by atoms with Gasteiger partial charge in [-0.3, -0.25) is 0 Å². The third kappa shape index (κ3) is 2.17. The van der Waals surface area contributed by atoms with E-state index in [0.29, 0.717) is 27.1 Å². The van der Waals surface area contributed by atoms with Gasteiger partial charge in [0.05, 0.1) is 0 Å². The molecule has 0 spiro atoms. The van der Waals surface area contributed by atoms with Gasteiger partial charge in [0.25, 0.3) is 0 Å². The van der Waals surface area contributed by atoms with Gasteiger partial charge in [-0.05, 0) is 115 Å². The molecule has 5 aliphatic rings. The van der Waals surface area contributed by atoms with Crippen LogP contribution in [0.2, 0.25) is 0 Å². The van der Waals surface area contributed by atoms with E-state index in [0.717, 1.165) is 23.7 Å². The van der Waals surface area contributed by atoms with Crippen molar-refractivity contribution in [2.45, 2.75) is 119 Å². The van der Waals surface area contributed by atoms with Crippen LogP contribution in [0.3, 0.4) is 0 Å². The van der Waals surface area contributed by atoms with Gasteiger partial charge in [0.1, 0.15) is 0 Å². The fourth-order valence-electron chi connectivity index (χ4n) is 11.2. The fourth-order valence-corrected chi connectivity index (χ4v) is 11.2. The highest BCUT2D eigenvalue weighted by Crippen LogP contribution is 2.77. The van der Waals surface area contributed by atoms with Crippen LogP contribution < -0.4 is 0 Å². The first-order chi connectivity index (χ1) is 12.6.